The van der Waals surface area contributed by atoms with Crippen LogP contribution in [0.5, 0.6) is 5.75 Å². The first-order chi connectivity index (χ1) is 9.29. The van der Waals surface area contributed by atoms with Crippen LogP contribution in [0.2, 0.25) is 0 Å². The third kappa shape index (κ3) is 3.57. The van der Waals surface area contributed by atoms with Crippen molar-refractivity contribution >= 4 is 32.8 Å². The first kappa shape index (κ1) is 15.9. The van der Waals surface area contributed by atoms with Crippen LogP contribution in [-0.4, -0.2) is 30.4 Å². The molecule has 1 aliphatic rings. The van der Waals surface area contributed by atoms with Crippen molar-refractivity contribution in [1.29, 1.82) is 0 Å². The lowest BCUT2D eigenvalue weighted by Gasteiger charge is -2.34. The lowest BCUT2D eigenvalue weighted by molar-refractivity contribution is -0.0498. The third-order valence-electron chi connectivity index (χ3n) is 3.00. The van der Waals surface area contributed by atoms with E-state index < -0.39 is 16.8 Å². The molecule has 1 N–H and O–H groups in total. The molecule has 0 aromatic heterocycles. The Bertz CT molecular complexity index is 568. The predicted molar refractivity (Wildman–Crippen MR) is 78.1 cm³/mol. The Balaban J connectivity index is 2.16. The first-order valence-corrected chi connectivity index (χ1v) is 8.42. The van der Waals surface area contributed by atoms with Gasteiger partial charge in [-0.2, -0.15) is 26.2 Å². The molecule has 1 heterocycles. The maximum absolute atomic E-state index is 12.1. The Morgan fingerprint density at radius 2 is 2.00 bits per heavy atom. The second kappa shape index (κ2) is 6.08. The molecular weight excluding hydrogens is 405 g/mol. The van der Waals surface area contributed by atoms with Gasteiger partial charge in [0.25, 0.3) is 10.2 Å². The van der Waals surface area contributed by atoms with Crippen molar-refractivity contribution in [3.05, 3.63) is 29.8 Å². The van der Waals surface area contributed by atoms with Gasteiger partial charge in [-0.15, -0.1) is 0 Å². The quantitative estimate of drug-likeness (QED) is 0.466. The number of benzene rings is 1. The van der Waals surface area contributed by atoms with Crippen LogP contribution in [0.15, 0.2) is 24.3 Å². The van der Waals surface area contributed by atoms with Gasteiger partial charge in [0.05, 0.1) is 10.1 Å². The van der Waals surface area contributed by atoms with Crippen molar-refractivity contribution < 1.29 is 21.9 Å². The number of hydrogen-bond donors (Lipinski definition) is 1. The van der Waals surface area contributed by atoms with E-state index >= 15 is 0 Å². The second-order valence-electron chi connectivity index (χ2n) is 4.31. The Morgan fingerprint density at radius 1 is 1.40 bits per heavy atom. The highest BCUT2D eigenvalue weighted by Gasteiger charge is 2.35. The minimum absolute atomic E-state index is 0.0468. The van der Waals surface area contributed by atoms with Crippen LogP contribution in [0.25, 0.3) is 0 Å². The Labute approximate surface area is 129 Å². The van der Waals surface area contributed by atoms with Crippen LogP contribution < -0.4 is 9.46 Å². The van der Waals surface area contributed by atoms with E-state index in [1.165, 1.54) is 23.5 Å². The lowest BCUT2D eigenvalue weighted by Crippen LogP contribution is -2.49. The van der Waals surface area contributed by atoms with Crippen molar-refractivity contribution in [2.75, 3.05) is 7.05 Å². The van der Waals surface area contributed by atoms with Gasteiger partial charge in [-0.25, -0.2) is 0 Å². The molecular formula is C11H13F2IN2O3S. The highest BCUT2D eigenvalue weighted by molar-refractivity contribution is 14.1. The first-order valence-electron chi connectivity index (χ1n) is 5.74. The molecule has 0 bridgehead atoms. The minimum Gasteiger partial charge on any atom is -0.435 e. The predicted octanol–water partition coefficient (Wildman–Crippen LogP) is 2.26. The van der Waals surface area contributed by atoms with Crippen LogP contribution >= 0.6 is 22.6 Å². The van der Waals surface area contributed by atoms with E-state index in [-0.39, 0.29) is 15.8 Å². The summed E-state index contributed by atoms with van der Waals surface area (Å²) in [7, 11) is -2.00. The molecule has 20 heavy (non-hydrogen) atoms. The van der Waals surface area contributed by atoms with Gasteiger partial charge in [0.2, 0.25) is 0 Å². The second-order valence-corrected chi connectivity index (χ2v) is 7.51. The Morgan fingerprint density at radius 3 is 2.50 bits per heavy atom. The molecule has 0 radical (unpaired) electrons. The molecule has 0 spiro atoms. The molecule has 1 saturated heterocycles. The molecule has 112 valence electrons. The fourth-order valence-electron chi connectivity index (χ4n) is 1.89. The molecule has 1 fully saturated rings. The van der Waals surface area contributed by atoms with Gasteiger partial charge in [-0.1, -0.05) is 34.7 Å². The Hall–Kier alpha value is -0.520. The summed E-state index contributed by atoms with van der Waals surface area (Å²) >= 11 is 2.06. The number of ether oxygens (including phenoxy) is 1. The summed E-state index contributed by atoms with van der Waals surface area (Å²) in [6, 6.07) is 5.59. The van der Waals surface area contributed by atoms with Crippen molar-refractivity contribution in [1.82, 2.24) is 9.03 Å². The summed E-state index contributed by atoms with van der Waals surface area (Å²) in [6.45, 7) is -2.87. The van der Waals surface area contributed by atoms with Crippen molar-refractivity contribution in [2.24, 2.45) is 0 Å². The molecule has 9 heteroatoms. The maximum atomic E-state index is 12.1. The van der Waals surface area contributed by atoms with Gasteiger partial charge in [-0.3, -0.25) is 0 Å². The zero-order chi connectivity index (χ0) is 14.9. The van der Waals surface area contributed by atoms with E-state index in [1.807, 2.05) is 0 Å². The highest BCUT2D eigenvalue weighted by atomic mass is 127. The highest BCUT2D eigenvalue weighted by Crippen LogP contribution is 2.31. The number of nitrogens with zero attached hydrogens (tertiary/aromatic N) is 1. The van der Waals surface area contributed by atoms with Crippen LogP contribution in [0.3, 0.4) is 0 Å². The van der Waals surface area contributed by atoms with Crippen molar-refractivity contribution in [3.63, 3.8) is 0 Å². The van der Waals surface area contributed by atoms with Crippen LogP contribution in [-0.2, 0) is 10.2 Å². The monoisotopic (exact) mass is 418 g/mol. The van der Waals surface area contributed by atoms with Gasteiger partial charge in [0.15, 0.2) is 0 Å². The fraction of sp³-hybridized carbons (Fsp3) is 0.455. The normalized spacial score (nSPS) is 26.6. The molecule has 1 aliphatic heterocycles. The molecule has 5 nitrogen and oxygen atoms in total. The van der Waals surface area contributed by atoms with Crippen molar-refractivity contribution in [3.8, 4) is 5.75 Å². The van der Waals surface area contributed by atoms with E-state index in [1.54, 1.807) is 12.1 Å². The largest absolute Gasteiger partial charge is 0.435 e. The van der Waals surface area contributed by atoms with Gasteiger partial charge < -0.3 is 4.74 Å². The zero-order valence-corrected chi connectivity index (χ0v) is 13.4. The molecule has 1 aromatic carbocycles. The summed E-state index contributed by atoms with van der Waals surface area (Å²) in [5, 5.41) is 0. The smallest absolute Gasteiger partial charge is 0.387 e. The molecule has 1 aromatic rings. The van der Waals surface area contributed by atoms with Crippen molar-refractivity contribution in [2.45, 2.75) is 23.1 Å². The zero-order valence-electron chi connectivity index (χ0n) is 10.5. The molecule has 0 aliphatic carbocycles. The van der Waals surface area contributed by atoms with Gasteiger partial charge >= 0.3 is 6.61 Å². The summed E-state index contributed by atoms with van der Waals surface area (Å²) in [5.41, 5.74) is 0.713. The number of halogens is 3. The van der Waals surface area contributed by atoms with Gasteiger partial charge in [0.1, 0.15) is 5.75 Å². The topological polar surface area (TPSA) is 58.6 Å². The third-order valence-corrected chi connectivity index (χ3v) is 6.32. The number of nitrogens with one attached hydrogen (secondary N) is 1. The van der Waals surface area contributed by atoms with E-state index in [9.17, 15) is 17.2 Å². The average molecular weight is 418 g/mol. The van der Waals surface area contributed by atoms with E-state index in [4.69, 9.17) is 0 Å². The van der Waals surface area contributed by atoms with E-state index in [0.717, 1.165) is 0 Å². The summed E-state index contributed by atoms with van der Waals surface area (Å²) in [4.78, 5) is 0. The van der Waals surface area contributed by atoms with E-state index in [2.05, 4.69) is 32.0 Å². The Kier molecular flexibility index (Phi) is 4.82. The molecule has 0 saturated carbocycles. The van der Waals surface area contributed by atoms with Crippen LogP contribution in [0.1, 0.15) is 18.0 Å². The van der Waals surface area contributed by atoms with Crippen LogP contribution in [0, 0.1) is 0 Å². The molecule has 0 amide bonds. The molecule has 2 atom stereocenters. The number of hydrogen-bond acceptors (Lipinski definition) is 3. The average Bonchev–Trinajstić information content (AvgIpc) is 2.35. The molecule has 2 unspecified atom stereocenters. The standard InChI is InChI=1S/C11H13F2IN2O3S/c1-16-10(14)6-9(15-20(16,17)18)7-2-4-8(5-3-7)19-11(12)13/h2-5,9-11,15H,6H2,1H3. The molecule has 2 rings (SSSR count). The maximum Gasteiger partial charge on any atom is 0.387 e. The fourth-order valence-corrected chi connectivity index (χ4v) is 4.44. The summed E-state index contributed by atoms with van der Waals surface area (Å²) in [5.74, 6) is 0.0468. The summed E-state index contributed by atoms with van der Waals surface area (Å²) < 4.78 is 55.8. The van der Waals surface area contributed by atoms with E-state index in [0.29, 0.717) is 12.0 Å². The number of alkyl halides is 3. The van der Waals surface area contributed by atoms with Gasteiger partial charge in [0, 0.05) is 7.05 Å². The summed E-state index contributed by atoms with van der Waals surface area (Å²) in [6.07, 6.45) is 0.589. The minimum atomic E-state index is -3.51. The lowest BCUT2D eigenvalue weighted by atomic mass is 10.0. The SMILES string of the molecule is CN1C(I)CC(c2ccc(OC(F)F)cc2)NS1(=O)=O. The van der Waals surface area contributed by atoms with Gasteiger partial charge in [-0.05, 0) is 24.1 Å². The number of rotatable bonds is 3. The van der Waals surface area contributed by atoms with Crippen LogP contribution in [0.4, 0.5) is 8.78 Å².